The molecule has 84 valence electrons. The molecule has 0 N–H and O–H groups in total. The molecular weight excluding hydrogens is 186 g/mol. The zero-order valence-corrected chi connectivity index (χ0v) is 10.4. The van der Waals surface area contributed by atoms with Crippen LogP contribution >= 0.6 is 0 Å². The van der Waals surface area contributed by atoms with Crippen molar-refractivity contribution in [2.45, 2.75) is 40.2 Å². The molecule has 0 fully saturated rings. The van der Waals surface area contributed by atoms with Crippen LogP contribution < -0.4 is 9.64 Å². The molecule has 0 amide bonds. The fourth-order valence-corrected chi connectivity index (χ4v) is 1.56. The fraction of sp³-hybridized carbons (Fsp3) is 0.538. The highest BCUT2D eigenvalue weighted by Crippen LogP contribution is 2.37. The first kappa shape index (κ1) is 11.9. The highest BCUT2D eigenvalue weighted by Gasteiger charge is 2.28. The Kier molecular flexibility index (Phi) is 3.61. The Labute approximate surface area is 92.9 Å². The molecule has 0 bridgehead atoms. The summed E-state index contributed by atoms with van der Waals surface area (Å²) in [5.74, 6) is 0.998. The second-order valence-electron chi connectivity index (χ2n) is 4.34. The summed E-state index contributed by atoms with van der Waals surface area (Å²) in [6.07, 6.45) is 0. The molecule has 0 saturated heterocycles. The van der Waals surface area contributed by atoms with E-state index in [1.54, 1.807) is 0 Å². The molecule has 1 aromatic carbocycles. The van der Waals surface area contributed by atoms with E-state index >= 15 is 0 Å². The van der Waals surface area contributed by atoms with Crippen molar-refractivity contribution in [2.24, 2.45) is 0 Å². The van der Waals surface area contributed by atoms with Crippen LogP contribution in [-0.2, 0) is 0 Å². The molecule has 1 aliphatic heterocycles. The van der Waals surface area contributed by atoms with Crippen LogP contribution in [-0.4, -0.2) is 12.3 Å². The van der Waals surface area contributed by atoms with E-state index in [0.29, 0.717) is 6.73 Å². The average molecular weight is 207 g/mol. The fourth-order valence-electron chi connectivity index (χ4n) is 1.56. The molecule has 0 unspecified atom stereocenters. The van der Waals surface area contributed by atoms with E-state index in [1.165, 1.54) is 5.69 Å². The van der Waals surface area contributed by atoms with Gasteiger partial charge in [0.25, 0.3) is 0 Å². The van der Waals surface area contributed by atoms with E-state index in [0.717, 1.165) is 5.75 Å². The number of benzene rings is 1. The van der Waals surface area contributed by atoms with Crippen LogP contribution in [0.2, 0.25) is 0 Å². The standard InChI is InChI=1S/C11H15NO.C2H6/c1-11(2,3)12-8-13-10-7-5-4-6-9(10)12;1-2/h4-7H,8H2,1-3H3;1-2H3. The average Bonchev–Trinajstić information content (AvgIpc) is 2.63. The minimum absolute atomic E-state index is 0.132. The predicted octanol–water partition coefficient (Wildman–Crippen LogP) is 3.67. The summed E-state index contributed by atoms with van der Waals surface area (Å²) < 4.78 is 5.56. The SMILES string of the molecule is CC.CC(C)(C)N1COc2ccccc21. The lowest BCUT2D eigenvalue weighted by Gasteiger charge is -2.32. The number of hydrogen-bond acceptors (Lipinski definition) is 2. The minimum atomic E-state index is 0.132. The molecular formula is C13H21NO. The van der Waals surface area contributed by atoms with Crippen LogP contribution in [0, 0.1) is 0 Å². The quantitative estimate of drug-likeness (QED) is 0.643. The van der Waals surface area contributed by atoms with Crippen molar-refractivity contribution >= 4 is 5.69 Å². The molecule has 0 aliphatic carbocycles. The minimum Gasteiger partial charge on any atom is -0.471 e. The van der Waals surface area contributed by atoms with E-state index in [2.05, 4.69) is 31.7 Å². The monoisotopic (exact) mass is 207 g/mol. The number of para-hydroxylation sites is 2. The second-order valence-corrected chi connectivity index (χ2v) is 4.34. The number of nitrogens with zero attached hydrogens (tertiary/aromatic N) is 1. The van der Waals surface area contributed by atoms with Crippen molar-refractivity contribution in [1.82, 2.24) is 0 Å². The van der Waals surface area contributed by atoms with Crippen LogP contribution in [0.3, 0.4) is 0 Å². The van der Waals surface area contributed by atoms with Gasteiger partial charge in [-0.2, -0.15) is 0 Å². The number of fused-ring (bicyclic) bond motifs is 1. The zero-order chi connectivity index (χ0) is 11.5. The number of rotatable bonds is 0. The van der Waals surface area contributed by atoms with E-state index in [9.17, 15) is 0 Å². The van der Waals surface area contributed by atoms with Gasteiger partial charge < -0.3 is 9.64 Å². The molecule has 1 heterocycles. The van der Waals surface area contributed by atoms with E-state index in [-0.39, 0.29) is 5.54 Å². The molecule has 0 atom stereocenters. The highest BCUT2D eigenvalue weighted by atomic mass is 16.5. The maximum atomic E-state index is 5.56. The van der Waals surface area contributed by atoms with Crippen molar-refractivity contribution in [3.8, 4) is 5.75 Å². The lowest BCUT2D eigenvalue weighted by Crippen LogP contribution is -2.40. The van der Waals surface area contributed by atoms with E-state index in [1.807, 2.05) is 32.0 Å². The lowest BCUT2D eigenvalue weighted by atomic mass is 10.1. The largest absolute Gasteiger partial charge is 0.471 e. The first-order valence-corrected chi connectivity index (χ1v) is 5.58. The van der Waals surface area contributed by atoms with Gasteiger partial charge in [-0.15, -0.1) is 0 Å². The van der Waals surface area contributed by atoms with Crippen LogP contribution in [0.25, 0.3) is 0 Å². The van der Waals surface area contributed by atoms with Crippen LogP contribution in [0.1, 0.15) is 34.6 Å². The second kappa shape index (κ2) is 4.56. The maximum Gasteiger partial charge on any atom is 0.162 e. The van der Waals surface area contributed by atoms with Crippen molar-refractivity contribution < 1.29 is 4.74 Å². The third-order valence-corrected chi connectivity index (χ3v) is 2.31. The normalized spacial score (nSPS) is 13.8. The van der Waals surface area contributed by atoms with Gasteiger partial charge in [-0.25, -0.2) is 0 Å². The Bertz CT molecular complexity index is 315. The smallest absolute Gasteiger partial charge is 0.162 e. The van der Waals surface area contributed by atoms with Gasteiger partial charge in [0.2, 0.25) is 0 Å². The van der Waals surface area contributed by atoms with Gasteiger partial charge >= 0.3 is 0 Å². The van der Waals surface area contributed by atoms with Gasteiger partial charge in [0.05, 0.1) is 5.69 Å². The van der Waals surface area contributed by atoms with Crippen molar-refractivity contribution in [3.63, 3.8) is 0 Å². The number of ether oxygens (including phenoxy) is 1. The zero-order valence-electron chi connectivity index (χ0n) is 10.4. The highest BCUT2D eigenvalue weighted by molar-refractivity contribution is 5.62. The van der Waals surface area contributed by atoms with Gasteiger partial charge in [0.15, 0.2) is 6.73 Å². The first-order valence-electron chi connectivity index (χ1n) is 5.58. The van der Waals surface area contributed by atoms with Crippen LogP contribution in [0.5, 0.6) is 5.75 Å². The molecule has 1 aromatic rings. The Morgan fingerprint density at radius 3 is 2.33 bits per heavy atom. The van der Waals surface area contributed by atoms with Crippen molar-refractivity contribution in [3.05, 3.63) is 24.3 Å². The summed E-state index contributed by atoms with van der Waals surface area (Å²) in [6.45, 7) is 11.2. The molecule has 0 saturated carbocycles. The van der Waals surface area contributed by atoms with Gasteiger partial charge in [0.1, 0.15) is 5.75 Å². The Morgan fingerprint density at radius 2 is 1.73 bits per heavy atom. The van der Waals surface area contributed by atoms with E-state index < -0.39 is 0 Å². The molecule has 2 rings (SSSR count). The number of anilines is 1. The first-order chi connectivity index (χ1) is 7.09. The Balaban J connectivity index is 0.000000531. The van der Waals surface area contributed by atoms with Gasteiger partial charge in [0, 0.05) is 5.54 Å². The summed E-state index contributed by atoms with van der Waals surface area (Å²) in [5, 5.41) is 0. The van der Waals surface area contributed by atoms with Crippen LogP contribution in [0.4, 0.5) is 5.69 Å². The maximum absolute atomic E-state index is 5.56. The molecule has 0 spiro atoms. The summed E-state index contributed by atoms with van der Waals surface area (Å²) in [6, 6.07) is 8.17. The van der Waals surface area contributed by atoms with Crippen molar-refractivity contribution in [2.75, 3.05) is 11.6 Å². The summed E-state index contributed by atoms with van der Waals surface area (Å²) >= 11 is 0. The van der Waals surface area contributed by atoms with Crippen LogP contribution in [0.15, 0.2) is 24.3 Å². The molecule has 2 heteroatoms. The molecule has 0 aromatic heterocycles. The van der Waals surface area contributed by atoms with Crippen molar-refractivity contribution in [1.29, 1.82) is 0 Å². The molecule has 1 aliphatic rings. The third-order valence-electron chi connectivity index (χ3n) is 2.31. The lowest BCUT2D eigenvalue weighted by molar-refractivity contribution is 0.316. The van der Waals surface area contributed by atoms with E-state index in [4.69, 9.17) is 4.74 Å². The summed E-state index contributed by atoms with van der Waals surface area (Å²) in [5.41, 5.74) is 1.34. The molecule has 0 radical (unpaired) electrons. The molecule has 15 heavy (non-hydrogen) atoms. The third kappa shape index (κ3) is 2.44. The van der Waals surface area contributed by atoms with Gasteiger partial charge in [-0.3, -0.25) is 0 Å². The predicted molar refractivity (Wildman–Crippen MR) is 65.5 cm³/mol. The summed E-state index contributed by atoms with van der Waals surface area (Å²) in [4.78, 5) is 2.27. The number of hydrogen-bond donors (Lipinski definition) is 0. The summed E-state index contributed by atoms with van der Waals surface area (Å²) in [7, 11) is 0. The van der Waals surface area contributed by atoms with Gasteiger partial charge in [-0.1, -0.05) is 26.0 Å². The Hall–Kier alpha value is -1.18. The molecule has 2 nitrogen and oxygen atoms in total. The van der Waals surface area contributed by atoms with Gasteiger partial charge in [-0.05, 0) is 32.9 Å². The Morgan fingerprint density at radius 1 is 1.13 bits per heavy atom. The topological polar surface area (TPSA) is 12.5 Å².